The third kappa shape index (κ3) is 4.33. The van der Waals surface area contributed by atoms with Crippen molar-refractivity contribution in [2.24, 2.45) is 5.92 Å². The van der Waals surface area contributed by atoms with Crippen LogP contribution in [0.15, 0.2) is 24.4 Å². The van der Waals surface area contributed by atoms with Crippen LogP contribution in [0.3, 0.4) is 0 Å². The average molecular weight is 371 g/mol. The summed E-state index contributed by atoms with van der Waals surface area (Å²) in [6.45, 7) is 3.95. The Morgan fingerprint density at radius 1 is 1.33 bits per heavy atom. The lowest BCUT2D eigenvalue weighted by atomic mass is 9.75. The van der Waals surface area contributed by atoms with Crippen molar-refractivity contribution in [2.75, 3.05) is 12.8 Å². The Balaban J connectivity index is 1.84. The van der Waals surface area contributed by atoms with Crippen LogP contribution in [-0.2, 0) is 0 Å². The van der Waals surface area contributed by atoms with E-state index in [1.807, 2.05) is 19.9 Å². The summed E-state index contributed by atoms with van der Waals surface area (Å²) >= 11 is 0. The number of carbonyl (C=O) groups is 1. The molecule has 0 unspecified atom stereocenters. The summed E-state index contributed by atoms with van der Waals surface area (Å²) in [5.74, 6) is 0.511. The van der Waals surface area contributed by atoms with E-state index in [9.17, 15) is 9.90 Å². The molecule has 1 aliphatic carbocycles. The van der Waals surface area contributed by atoms with Crippen LogP contribution in [0.25, 0.3) is 0 Å². The summed E-state index contributed by atoms with van der Waals surface area (Å²) < 4.78 is 5.10. The molecule has 144 valence electrons. The van der Waals surface area contributed by atoms with Crippen LogP contribution in [0.4, 0.5) is 5.95 Å². The number of amides is 1. The third-order valence-electron chi connectivity index (χ3n) is 4.82. The predicted molar refractivity (Wildman–Crippen MR) is 100 cm³/mol. The molecule has 3 rings (SSSR count). The molecule has 8 heteroatoms. The Labute approximate surface area is 158 Å². The van der Waals surface area contributed by atoms with Crippen molar-refractivity contribution < 1.29 is 14.6 Å². The first-order chi connectivity index (χ1) is 12.9. The zero-order valence-electron chi connectivity index (χ0n) is 15.7. The van der Waals surface area contributed by atoms with E-state index in [1.54, 1.807) is 25.4 Å². The van der Waals surface area contributed by atoms with Crippen molar-refractivity contribution in [3.8, 4) is 5.88 Å². The molecule has 1 aliphatic rings. The smallest absolute Gasteiger partial charge is 0.270 e. The van der Waals surface area contributed by atoms with Gasteiger partial charge in [0, 0.05) is 18.0 Å². The maximum Gasteiger partial charge on any atom is 0.270 e. The van der Waals surface area contributed by atoms with Gasteiger partial charge < -0.3 is 20.9 Å². The normalized spacial score (nSPS) is 20.0. The molecule has 0 radical (unpaired) electrons. The standard InChI is InChI=1S/C19H25N5O3/c1-10(2)14-8-15(23-19(20)22-14)18(26)24-17(12-6-13(25)7-12)11-4-5-16(27-3)21-9-11/h4-5,8-10,12-13,17,25H,6-7H2,1-3H3,(H,24,26)(H2,20,22,23)/t12?,13?,17-/m1/s1. The quantitative estimate of drug-likeness (QED) is 0.708. The molecule has 0 aromatic carbocycles. The first-order valence-corrected chi connectivity index (χ1v) is 9.00. The monoisotopic (exact) mass is 371 g/mol. The van der Waals surface area contributed by atoms with E-state index in [0.717, 1.165) is 11.3 Å². The fraction of sp³-hybridized carbons (Fsp3) is 0.474. The van der Waals surface area contributed by atoms with E-state index in [2.05, 4.69) is 20.3 Å². The van der Waals surface area contributed by atoms with Gasteiger partial charge in [-0.2, -0.15) is 0 Å². The van der Waals surface area contributed by atoms with Crippen molar-refractivity contribution >= 4 is 11.9 Å². The lowest BCUT2D eigenvalue weighted by Crippen LogP contribution is -2.41. The second-order valence-corrected chi connectivity index (χ2v) is 7.16. The maximum atomic E-state index is 12.8. The average Bonchev–Trinajstić information content (AvgIpc) is 2.63. The number of aliphatic hydroxyl groups excluding tert-OH is 1. The number of anilines is 1. The van der Waals surface area contributed by atoms with Gasteiger partial charge in [0.2, 0.25) is 11.8 Å². The number of nitrogens with zero attached hydrogens (tertiary/aromatic N) is 3. The summed E-state index contributed by atoms with van der Waals surface area (Å²) in [6, 6.07) is 5.01. The number of hydrogen-bond donors (Lipinski definition) is 3. The second kappa shape index (κ2) is 7.87. The van der Waals surface area contributed by atoms with Gasteiger partial charge in [0.05, 0.1) is 19.3 Å². The van der Waals surface area contributed by atoms with Gasteiger partial charge in [-0.15, -0.1) is 0 Å². The van der Waals surface area contributed by atoms with Crippen LogP contribution >= 0.6 is 0 Å². The highest BCUT2D eigenvalue weighted by Gasteiger charge is 2.36. The van der Waals surface area contributed by atoms with E-state index < -0.39 is 0 Å². The minimum Gasteiger partial charge on any atom is -0.481 e. The molecular weight excluding hydrogens is 346 g/mol. The van der Waals surface area contributed by atoms with Gasteiger partial charge in [0.25, 0.3) is 5.91 Å². The molecule has 1 fully saturated rings. The number of rotatable bonds is 6. The molecule has 1 saturated carbocycles. The van der Waals surface area contributed by atoms with Gasteiger partial charge in [-0.1, -0.05) is 19.9 Å². The van der Waals surface area contributed by atoms with Crippen LogP contribution < -0.4 is 15.8 Å². The number of aromatic nitrogens is 3. The highest BCUT2D eigenvalue weighted by Crippen LogP contribution is 2.38. The Bertz CT molecular complexity index is 803. The van der Waals surface area contributed by atoms with Crippen molar-refractivity contribution in [1.29, 1.82) is 0 Å². The molecular formula is C19H25N5O3. The Morgan fingerprint density at radius 2 is 2.07 bits per heavy atom. The Kier molecular flexibility index (Phi) is 5.55. The molecule has 1 atom stereocenters. The zero-order chi connectivity index (χ0) is 19.6. The van der Waals surface area contributed by atoms with E-state index in [4.69, 9.17) is 10.5 Å². The SMILES string of the molecule is COc1ccc([C@@H](NC(=O)c2cc(C(C)C)nc(N)n2)C2CC(O)C2)cn1. The molecule has 8 nitrogen and oxygen atoms in total. The first kappa shape index (κ1) is 19.0. The molecule has 27 heavy (non-hydrogen) atoms. The van der Waals surface area contributed by atoms with E-state index in [1.165, 1.54) is 0 Å². The van der Waals surface area contributed by atoms with E-state index >= 15 is 0 Å². The highest BCUT2D eigenvalue weighted by atomic mass is 16.5. The molecule has 4 N–H and O–H groups in total. The van der Waals surface area contributed by atoms with Gasteiger partial charge in [-0.25, -0.2) is 15.0 Å². The second-order valence-electron chi connectivity index (χ2n) is 7.16. The number of methoxy groups -OCH3 is 1. The number of aliphatic hydroxyl groups is 1. The van der Waals surface area contributed by atoms with Gasteiger partial charge >= 0.3 is 0 Å². The number of hydrogen-bond acceptors (Lipinski definition) is 7. The van der Waals surface area contributed by atoms with Crippen LogP contribution in [0.2, 0.25) is 0 Å². The van der Waals surface area contributed by atoms with Gasteiger partial charge in [-0.05, 0) is 36.3 Å². The number of ether oxygens (including phenoxy) is 1. The number of nitrogens with one attached hydrogen (secondary N) is 1. The number of carbonyl (C=O) groups excluding carboxylic acids is 1. The lowest BCUT2D eigenvalue weighted by molar-refractivity contribution is 0.0234. The van der Waals surface area contributed by atoms with Crippen molar-refractivity contribution in [3.05, 3.63) is 41.3 Å². The number of pyridine rings is 1. The largest absolute Gasteiger partial charge is 0.481 e. The molecule has 0 saturated heterocycles. The molecule has 0 aliphatic heterocycles. The van der Waals surface area contributed by atoms with Crippen LogP contribution in [-0.4, -0.2) is 39.2 Å². The minimum absolute atomic E-state index is 0.0769. The Hall–Kier alpha value is -2.74. The topological polar surface area (TPSA) is 123 Å². The lowest BCUT2D eigenvalue weighted by Gasteiger charge is -2.38. The summed E-state index contributed by atoms with van der Waals surface area (Å²) in [4.78, 5) is 25.3. The van der Waals surface area contributed by atoms with E-state index in [0.29, 0.717) is 18.7 Å². The summed E-state index contributed by atoms with van der Waals surface area (Å²) in [7, 11) is 1.55. The predicted octanol–water partition coefficient (Wildman–Crippen LogP) is 1.83. The minimum atomic E-state index is -0.331. The molecule has 2 aromatic rings. The van der Waals surface area contributed by atoms with E-state index in [-0.39, 0.29) is 41.5 Å². The van der Waals surface area contributed by atoms with Crippen molar-refractivity contribution in [1.82, 2.24) is 20.3 Å². The third-order valence-corrected chi connectivity index (χ3v) is 4.82. The maximum absolute atomic E-state index is 12.8. The number of nitrogens with two attached hydrogens (primary N) is 1. The molecule has 0 spiro atoms. The molecule has 1 amide bonds. The summed E-state index contributed by atoms with van der Waals surface area (Å²) in [5, 5.41) is 12.7. The van der Waals surface area contributed by atoms with Crippen LogP contribution in [0.1, 0.15) is 60.4 Å². The van der Waals surface area contributed by atoms with Crippen LogP contribution in [0, 0.1) is 5.92 Å². The highest BCUT2D eigenvalue weighted by molar-refractivity contribution is 5.93. The van der Waals surface area contributed by atoms with Gasteiger partial charge in [0.15, 0.2) is 0 Å². The summed E-state index contributed by atoms with van der Waals surface area (Å²) in [5.41, 5.74) is 7.57. The number of nitrogen functional groups attached to an aromatic ring is 1. The van der Waals surface area contributed by atoms with Gasteiger partial charge in [0.1, 0.15) is 5.69 Å². The van der Waals surface area contributed by atoms with Crippen LogP contribution in [0.5, 0.6) is 5.88 Å². The Morgan fingerprint density at radius 3 is 2.63 bits per heavy atom. The molecule has 2 heterocycles. The van der Waals surface area contributed by atoms with Crippen molar-refractivity contribution in [3.63, 3.8) is 0 Å². The fourth-order valence-corrected chi connectivity index (χ4v) is 3.18. The molecule has 2 aromatic heterocycles. The van der Waals surface area contributed by atoms with Crippen molar-refractivity contribution in [2.45, 2.75) is 44.8 Å². The first-order valence-electron chi connectivity index (χ1n) is 9.00. The summed E-state index contributed by atoms with van der Waals surface area (Å²) in [6.07, 6.45) is 2.60. The molecule has 0 bridgehead atoms. The van der Waals surface area contributed by atoms with Gasteiger partial charge in [-0.3, -0.25) is 4.79 Å². The zero-order valence-corrected chi connectivity index (χ0v) is 15.7. The fourth-order valence-electron chi connectivity index (χ4n) is 3.18.